The predicted molar refractivity (Wildman–Crippen MR) is 109 cm³/mol. The normalized spacial score (nSPS) is 17.5. The molecule has 1 aliphatic rings. The van der Waals surface area contributed by atoms with Crippen molar-refractivity contribution in [3.63, 3.8) is 0 Å². The zero-order valence-corrected chi connectivity index (χ0v) is 16.4. The molecule has 26 heavy (non-hydrogen) atoms. The molecule has 2 nitrogen and oxygen atoms in total. The second-order valence-electron chi connectivity index (χ2n) is 7.91. The summed E-state index contributed by atoms with van der Waals surface area (Å²) in [7, 11) is 1.84. The smallest absolute Gasteiger partial charge is 0.121 e. The molecular weight excluding hydrogens is 318 g/mol. The molecule has 0 bridgehead atoms. The fourth-order valence-corrected chi connectivity index (χ4v) is 4.38. The highest BCUT2D eigenvalue weighted by Crippen LogP contribution is 2.40. The van der Waals surface area contributed by atoms with Crippen LogP contribution in [-0.4, -0.2) is 19.7 Å². The van der Waals surface area contributed by atoms with Gasteiger partial charge in [-0.3, -0.25) is 0 Å². The van der Waals surface area contributed by atoms with E-state index < -0.39 is 5.60 Å². The fourth-order valence-electron chi connectivity index (χ4n) is 4.38. The van der Waals surface area contributed by atoms with Crippen molar-refractivity contribution in [1.29, 1.82) is 0 Å². The first-order valence-corrected chi connectivity index (χ1v) is 10.1. The molecule has 3 rings (SSSR count). The Morgan fingerprint density at radius 2 is 1.50 bits per heavy atom. The van der Waals surface area contributed by atoms with E-state index in [-0.39, 0.29) is 0 Å². The molecule has 0 aliphatic heterocycles. The maximum absolute atomic E-state index is 6.28. The highest BCUT2D eigenvalue weighted by Gasteiger charge is 2.40. The van der Waals surface area contributed by atoms with Crippen LogP contribution in [0.4, 0.5) is 0 Å². The number of methoxy groups -OCH3 is 1. The van der Waals surface area contributed by atoms with Gasteiger partial charge in [0, 0.05) is 25.6 Å². The van der Waals surface area contributed by atoms with Crippen LogP contribution in [0.5, 0.6) is 0 Å². The van der Waals surface area contributed by atoms with E-state index in [0.29, 0.717) is 12.0 Å². The van der Waals surface area contributed by atoms with Crippen LogP contribution in [0, 0.1) is 11.8 Å². The molecule has 0 amide bonds. The Kier molecular flexibility index (Phi) is 6.50. The van der Waals surface area contributed by atoms with Crippen molar-refractivity contribution in [2.45, 2.75) is 51.2 Å². The number of hydrogen-bond acceptors (Lipinski definition) is 2. The topological polar surface area (TPSA) is 21.3 Å². The van der Waals surface area contributed by atoms with Gasteiger partial charge in [0.05, 0.1) is 0 Å². The molecule has 0 heterocycles. The number of nitrogens with one attached hydrogen (secondary N) is 1. The fraction of sp³-hybridized carbons (Fsp3) is 0.500. The van der Waals surface area contributed by atoms with Crippen molar-refractivity contribution >= 4 is 0 Å². The second-order valence-corrected chi connectivity index (χ2v) is 7.91. The van der Waals surface area contributed by atoms with Crippen LogP contribution in [0.15, 0.2) is 60.7 Å². The highest BCUT2D eigenvalue weighted by atomic mass is 16.5. The summed E-state index contributed by atoms with van der Waals surface area (Å²) in [5.74, 6) is 1.24. The molecule has 1 N–H and O–H groups in total. The van der Waals surface area contributed by atoms with Crippen LogP contribution in [0.1, 0.15) is 50.7 Å². The van der Waals surface area contributed by atoms with Crippen molar-refractivity contribution in [2.75, 3.05) is 13.7 Å². The molecule has 140 valence electrons. The SMILES string of the molecule is COC(c1ccccc1)(c1ccccc1)C(C)CNC(C)CC1CCC1. The molecule has 2 atom stereocenters. The lowest BCUT2D eigenvalue weighted by atomic mass is 9.76. The van der Waals surface area contributed by atoms with Crippen LogP contribution >= 0.6 is 0 Å². The lowest BCUT2D eigenvalue weighted by molar-refractivity contribution is -0.0239. The average molecular weight is 352 g/mol. The Balaban J connectivity index is 1.80. The molecule has 0 spiro atoms. The molecule has 2 heteroatoms. The minimum Gasteiger partial charge on any atom is -0.368 e. The molecule has 2 aromatic carbocycles. The monoisotopic (exact) mass is 351 g/mol. The molecular formula is C24H33NO. The van der Waals surface area contributed by atoms with Crippen molar-refractivity contribution in [3.05, 3.63) is 71.8 Å². The minimum absolute atomic E-state index is 0.307. The van der Waals surface area contributed by atoms with Crippen molar-refractivity contribution in [3.8, 4) is 0 Å². The van der Waals surface area contributed by atoms with Gasteiger partial charge in [-0.25, -0.2) is 0 Å². The third-order valence-corrected chi connectivity index (χ3v) is 6.11. The van der Waals surface area contributed by atoms with E-state index in [4.69, 9.17) is 4.74 Å². The number of rotatable bonds is 9. The molecule has 0 saturated heterocycles. The zero-order valence-electron chi connectivity index (χ0n) is 16.4. The standard InChI is InChI=1S/C24H33NO/c1-19(18-25-20(2)17-21-11-10-12-21)24(26-3,22-13-6-4-7-14-22)23-15-8-5-9-16-23/h4-9,13-16,19-21,25H,10-12,17-18H2,1-3H3. The summed E-state index contributed by atoms with van der Waals surface area (Å²) in [4.78, 5) is 0. The van der Waals surface area contributed by atoms with E-state index in [9.17, 15) is 0 Å². The van der Waals surface area contributed by atoms with E-state index in [1.54, 1.807) is 0 Å². The zero-order chi connectivity index (χ0) is 18.4. The Hall–Kier alpha value is -1.64. The van der Waals surface area contributed by atoms with E-state index in [1.807, 2.05) is 7.11 Å². The molecule has 2 aromatic rings. The summed E-state index contributed by atoms with van der Waals surface area (Å²) in [6.45, 7) is 5.56. The van der Waals surface area contributed by atoms with Crippen LogP contribution in [0.3, 0.4) is 0 Å². The molecule has 1 aliphatic carbocycles. The molecule has 2 unspecified atom stereocenters. The molecule has 1 saturated carbocycles. The lowest BCUT2D eigenvalue weighted by Gasteiger charge is -2.40. The summed E-state index contributed by atoms with van der Waals surface area (Å²) in [6, 6.07) is 21.8. The van der Waals surface area contributed by atoms with Crippen LogP contribution in [0.25, 0.3) is 0 Å². The molecule has 1 fully saturated rings. The van der Waals surface area contributed by atoms with Crippen LogP contribution < -0.4 is 5.32 Å². The van der Waals surface area contributed by atoms with E-state index >= 15 is 0 Å². The van der Waals surface area contributed by atoms with E-state index in [2.05, 4.69) is 79.8 Å². The van der Waals surface area contributed by atoms with Crippen LogP contribution in [0.2, 0.25) is 0 Å². The van der Waals surface area contributed by atoms with Crippen LogP contribution in [-0.2, 0) is 10.3 Å². The lowest BCUT2D eigenvalue weighted by Crippen LogP contribution is -2.44. The van der Waals surface area contributed by atoms with Gasteiger partial charge in [-0.05, 0) is 30.4 Å². The van der Waals surface area contributed by atoms with Gasteiger partial charge in [-0.1, -0.05) is 86.8 Å². The molecule has 0 aromatic heterocycles. The summed E-state index contributed by atoms with van der Waals surface area (Å²) < 4.78 is 6.28. The largest absolute Gasteiger partial charge is 0.368 e. The quantitative estimate of drug-likeness (QED) is 0.655. The Labute approximate surface area is 159 Å². The number of ether oxygens (including phenoxy) is 1. The van der Waals surface area contributed by atoms with Gasteiger partial charge in [-0.2, -0.15) is 0 Å². The predicted octanol–water partition coefficient (Wildman–Crippen LogP) is 5.38. The van der Waals surface area contributed by atoms with Gasteiger partial charge in [0.2, 0.25) is 0 Å². The van der Waals surface area contributed by atoms with Crippen molar-refractivity contribution in [1.82, 2.24) is 5.32 Å². The average Bonchev–Trinajstić information content (AvgIpc) is 2.66. The maximum Gasteiger partial charge on any atom is 0.121 e. The van der Waals surface area contributed by atoms with Gasteiger partial charge in [0.25, 0.3) is 0 Å². The van der Waals surface area contributed by atoms with Crippen molar-refractivity contribution in [2.24, 2.45) is 11.8 Å². The number of hydrogen-bond donors (Lipinski definition) is 1. The third-order valence-electron chi connectivity index (χ3n) is 6.11. The first-order valence-electron chi connectivity index (χ1n) is 10.1. The van der Waals surface area contributed by atoms with Gasteiger partial charge < -0.3 is 10.1 Å². The first kappa shape index (κ1) is 19.1. The highest BCUT2D eigenvalue weighted by molar-refractivity contribution is 5.37. The molecule has 0 radical (unpaired) electrons. The van der Waals surface area contributed by atoms with Crippen molar-refractivity contribution < 1.29 is 4.74 Å². The van der Waals surface area contributed by atoms with Gasteiger partial charge in [0.15, 0.2) is 0 Å². The van der Waals surface area contributed by atoms with Gasteiger partial charge >= 0.3 is 0 Å². The summed E-state index contributed by atoms with van der Waals surface area (Å²) in [6.07, 6.45) is 5.54. The number of benzene rings is 2. The minimum atomic E-state index is -0.439. The van der Waals surface area contributed by atoms with E-state index in [1.165, 1.54) is 36.8 Å². The maximum atomic E-state index is 6.28. The first-order chi connectivity index (χ1) is 12.7. The summed E-state index contributed by atoms with van der Waals surface area (Å²) >= 11 is 0. The summed E-state index contributed by atoms with van der Waals surface area (Å²) in [5.41, 5.74) is 2.00. The third kappa shape index (κ3) is 4.02. The van der Waals surface area contributed by atoms with Gasteiger partial charge in [0.1, 0.15) is 5.60 Å². The second kappa shape index (κ2) is 8.83. The Bertz CT molecular complexity index is 611. The Morgan fingerprint density at radius 1 is 0.962 bits per heavy atom. The Morgan fingerprint density at radius 3 is 1.92 bits per heavy atom. The summed E-state index contributed by atoms with van der Waals surface area (Å²) in [5, 5.41) is 3.78. The van der Waals surface area contributed by atoms with E-state index in [0.717, 1.165) is 12.5 Å². The van der Waals surface area contributed by atoms with Gasteiger partial charge in [-0.15, -0.1) is 0 Å².